The van der Waals surface area contributed by atoms with Crippen LogP contribution < -0.4 is 10.1 Å². The second-order valence-corrected chi connectivity index (χ2v) is 5.98. The minimum Gasteiger partial charge on any atom is -0.497 e. The minimum absolute atomic E-state index is 0.0883. The highest BCUT2D eigenvalue weighted by Crippen LogP contribution is 2.25. The largest absolute Gasteiger partial charge is 0.497 e. The Morgan fingerprint density at radius 2 is 2.21 bits per heavy atom. The highest BCUT2D eigenvalue weighted by molar-refractivity contribution is 5.77. The number of aromatic nitrogens is 2. The average molecular weight is 328 g/mol. The van der Waals surface area contributed by atoms with Crippen molar-refractivity contribution < 1.29 is 9.53 Å². The van der Waals surface area contributed by atoms with Gasteiger partial charge in [-0.05, 0) is 24.1 Å². The van der Waals surface area contributed by atoms with E-state index in [1.807, 2.05) is 39.9 Å². The summed E-state index contributed by atoms with van der Waals surface area (Å²) in [5.74, 6) is 1.05. The molecule has 3 rings (SSSR count). The molecule has 1 aromatic carbocycles. The summed E-state index contributed by atoms with van der Waals surface area (Å²) in [6.45, 7) is 3.21. The molecule has 0 aliphatic carbocycles. The van der Waals surface area contributed by atoms with Crippen LogP contribution in [0.3, 0.4) is 0 Å². The zero-order chi connectivity index (χ0) is 16.8. The van der Waals surface area contributed by atoms with Crippen molar-refractivity contribution in [1.82, 2.24) is 19.8 Å². The molecule has 128 valence electrons. The van der Waals surface area contributed by atoms with E-state index in [-0.39, 0.29) is 11.9 Å². The summed E-state index contributed by atoms with van der Waals surface area (Å²) >= 11 is 0. The summed E-state index contributed by atoms with van der Waals surface area (Å²) in [6.07, 6.45) is 6.86. The fourth-order valence-electron chi connectivity index (χ4n) is 3.10. The molecule has 1 N–H and O–H groups in total. The van der Waals surface area contributed by atoms with Crippen molar-refractivity contribution in [2.75, 3.05) is 26.7 Å². The van der Waals surface area contributed by atoms with Gasteiger partial charge in [0.2, 0.25) is 5.91 Å². The maximum atomic E-state index is 12.7. The van der Waals surface area contributed by atoms with Gasteiger partial charge in [-0.25, -0.2) is 4.98 Å². The van der Waals surface area contributed by atoms with E-state index in [1.165, 1.54) is 0 Å². The molecule has 1 aliphatic rings. The number of benzene rings is 1. The molecule has 1 aliphatic heterocycles. The average Bonchev–Trinajstić information content (AvgIpc) is 3.15. The fraction of sp³-hybridized carbons (Fsp3) is 0.444. The number of imidazole rings is 1. The lowest BCUT2D eigenvalue weighted by atomic mass is 10.0. The molecule has 0 spiro atoms. The van der Waals surface area contributed by atoms with E-state index in [9.17, 15) is 4.79 Å². The third-order valence-corrected chi connectivity index (χ3v) is 4.43. The van der Waals surface area contributed by atoms with Crippen molar-refractivity contribution in [3.05, 3.63) is 48.5 Å². The second kappa shape index (κ2) is 7.97. The van der Waals surface area contributed by atoms with E-state index in [2.05, 4.69) is 10.3 Å². The molecule has 0 saturated carbocycles. The number of hydrogen-bond donors (Lipinski definition) is 1. The molecule has 6 heteroatoms. The van der Waals surface area contributed by atoms with Crippen LogP contribution in [-0.4, -0.2) is 47.1 Å². The quantitative estimate of drug-likeness (QED) is 0.879. The van der Waals surface area contributed by atoms with Crippen molar-refractivity contribution in [3.63, 3.8) is 0 Å². The zero-order valence-electron chi connectivity index (χ0n) is 14.0. The lowest BCUT2D eigenvalue weighted by molar-refractivity contribution is -0.134. The number of ether oxygens (including phenoxy) is 1. The van der Waals surface area contributed by atoms with Crippen molar-refractivity contribution >= 4 is 5.91 Å². The molecule has 2 aromatic rings. The number of carbonyl (C=O) groups is 1. The normalized spacial score (nSPS) is 17.7. The van der Waals surface area contributed by atoms with Gasteiger partial charge in [-0.1, -0.05) is 12.1 Å². The van der Waals surface area contributed by atoms with E-state index >= 15 is 0 Å². The molecular formula is C18H24N4O2. The first kappa shape index (κ1) is 16.5. The van der Waals surface area contributed by atoms with E-state index in [1.54, 1.807) is 19.6 Å². The Morgan fingerprint density at radius 1 is 1.38 bits per heavy atom. The van der Waals surface area contributed by atoms with Crippen LogP contribution in [-0.2, 0) is 11.3 Å². The molecule has 2 heterocycles. The standard InChI is InChI=1S/C18H24N4O2/c1-24-16-6-4-15(5-7-16)17-13-19-9-12-22(17)18(23)3-2-10-21-11-8-20-14-21/h4-8,11,14,17,19H,2-3,9-10,12-13H2,1H3. The maximum absolute atomic E-state index is 12.7. The highest BCUT2D eigenvalue weighted by Gasteiger charge is 2.27. The van der Waals surface area contributed by atoms with Crippen LogP contribution in [0.25, 0.3) is 0 Å². The van der Waals surface area contributed by atoms with Crippen molar-refractivity contribution in [2.24, 2.45) is 0 Å². The Bertz CT molecular complexity index is 640. The van der Waals surface area contributed by atoms with Gasteiger partial charge < -0.3 is 19.5 Å². The fourth-order valence-corrected chi connectivity index (χ4v) is 3.10. The number of nitrogens with zero attached hydrogens (tertiary/aromatic N) is 3. The Labute approximate surface area is 142 Å². The Morgan fingerprint density at radius 3 is 2.92 bits per heavy atom. The number of hydrogen-bond acceptors (Lipinski definition) is 4. The summed E-state index contributed by atoms with van der Waals surface area (Å²) in [6, 6.07) is 8.08. The van der Waals surface area contributed by atoms with Gasteiger partial charge >= 0.3 is 0 Å². The lowest BCUT2D eigenvalue weighted by Crippen LogP contribution is -2.48. The number of rotatable bonds is 6. The van der Waals surface area contributed by atoms with Gasteiger partial charge in [0, 0.05) is 45.0 Å². The molecule has 1 aromatic heterocycles. The summed E-state index contributed by atoms with van der Waals surface area (Å²) < 4.78 is 7.22. The van der Waals surface area contributed by atoms with E-state index in [0.29, 0.717) is 6.42 Å². The number of amides is 1. The predicted octanol–water partition coefficient (Wildman–Crippen LogP) is 1.84. The van der Waals surface area contributed by atoms with Crippen LogP contribution in [0.4, 0.5) is 0 Å². The van der Waals surface area contributed by atoms with Gasteiger partial charge in [0.1, 0.15) is 5.75 Å². The first-order chi connectivity index (χ1) is 11.8. The third kappa shape index (κ3) is 3.94. The molecule has 0 bridgehead atoms. The van der Waals surface area contributed by atoms with Crippen LogP contribution in [0.2, 0.25) is 0 Å². The Balaban J connectivity index is 1.61. The SMILES string of the molecule is COc1ccc(C2CNCCN2C(=O)CCCn2ccnc2)cc1. The smallest absolute Gasteiger partial charge is 0.223 e. The topological polar surface area (TPSA) is 59.4 Å². The summed E-state index contributed by atoms with van der Waals surface area (Å²) in [5.41, 5.74) is 1.14. The number of methoxy groups -OCH3 is 1. The number of carbonyl (C=O) groups excluding carboxylic acids is 1. The summed E-state index contributed by atoms with van der Waals surface area (Å²) in [4.78, 5) is 18.7. The molecular weight excluding hydrogens is 304 g/mol. The molecule has 1 fully saturated rings. The monoisotopic (exact) mass is 328 g/mol. The van der Waals surface area contributed by atoms with Gasteiger partial charge in [-0.3, -0.25) is 4.79 Å². The van der Waals surface area contributed by atoms with E-state index in [0.717, 1.165) is 43.9 Å². The third-order valence-electron chi connectivity index (χ3n) is 4.43. The molecule has 1 saturated heterocycles. The zero-order valence-corrected chi connectivity index (χ0v) is 14.0. The lowest BCUT2D eigenvalue weighted by Gasteiger charge is -2.36. The number of aryl methyl sites for hydroxylation is 1. The van der Waals surface area contributed by atoms with E-state index in [4.69, 9.17) is 4.74 Å². The van der Waals surface area contributed by atoms with Gasteiger partial charge in [-0.15, -0.1) is 0 Å². The highest BCUT2D eigenvalue weighted by atomic mass is 16.5. The van der Waals surface area contributed by atoms with Crippen LogP contribution >= 0.6 is 0 Å². The van der Waals surface area contributed by atoms with Gasteiger partial charge in [0.15, 0.2) is 0 Å². The van der Waals surface area contributed by atoms with Crippen LogP contribution in [0.5, 0.6) is 5.75 Å². The van der Waals surface area contributed by atoms with Crippen LogP contribution in [0, 0.1) is 0 Å². The predicted molar refractivity (Wildman–Crippen MR) is 91.8 cm³/mol. The van der Waals surface area contributed by atoms with Gasteiger partial charge in [-0.2, -0.15) is 0 Å². The molecule has 6 nitrogen and oxygen atoms in total. The molecule has 1 unspecified atom stereocenters. The second-order valence-electron chi connectivity index (χ2n) is 5.98. The van der Waals surface area contributed by atoms with Gasteiger partial charge in [0.25, 0.3) is 0 Å². The Kier molecular flexibility index (Phi) is 5.48. The molecule has 24 heavy (non-hydrogen) atoms. The van der Waals surface area contributed by atoms with Gasteiger partial charge in [0.05, 0.1) is 19.5 Å². The minimum atomic E-state index is 0.0883. The Hall–Kier alpha value is -2.34. The van der Waals surface area contributed by atoms with E-state index < -0.39 is 0 Å². The summed E-state index contributed by atoms with van der Waals surface area (Å²) in [7, 11) is 1.66. The summed E-state index contributed by atoms with van der Waals surface area (Å²) in [5, 5.41) is 3.39. The molecule has 1 atom stereocenters. The first-order valence-electron chi connectivity index (χ1n) is 8.38. The van der Waals surface area contributed by atoms with Crippen LogP contribution in [0.15, 0.2) is 43.0 Å². The molecule has 1 amide bonds. The van der Waals surface area contributed by atoms with Crippen molar-refractivity contribution in [2.45, 2.75) is 25.4 Å². The number of piperazine rings is 1. The molecule has 0 radical (unpaired) electrons. The first-order valence-corrected chi connectivity index (χ1v) is 8.38. The number of nitrogens with one attached hydrogen (secondary N) is 1. The van der Waals surface area contributed by atoms with Crippen molar-refractivity contribution in [1.29, 1.82) is 0 Å². The van der Waals surface area contributed by atoms with Crippen LogP contribution in [0.1, 0.15) is 24.4 Å². The maximum Gasteiger partial charge on any atom is 0.223 e. The van der Waals surface area contributed by atoms with Crippen molar-refractivity contribution in [3.8, 4) is 5.75 Å².